The lowest BCUT2D eigenvalue weighted by molar-refractivity contribution is 0.102. The Balaban J connectivity index is 1.70. The molecular weight excluding hydrogens is 424 g/mol. The van der Waals surface area contributed by atoms with Crippen LogP contribution in [0, 0.1) is 0 Å². The number of likely N-dealkylation sites (N-methyl/N-ethyl adjacent to an activating group) is 1. The molecule has 2 heterocycles. The molecule has 1 aliphatic heterocycles. The summed E-state index contributed by atoms with van der Waals surface area (Å²) < 4.78 is 11.6. The highest BCUT2D eigenvalue weighted by molar-refractivity contribution is 9.10. The van der Waals surface area contributed by atoms with Crippen LogP contribution in [-0.4, -0.2) is 62.7 Å². The second-order valence-electron chi connectivity index (χ2n) is 6.57. The monoisotopic (exact) mass is 448 g/mol. The van der Waals surface area contributed by atoms with Crippen LogP contribution in [0.15, 0.2) is 34.9 Å². The molecule has 2 aromatic rings. The fraction of sp³-hybridized carbons (Fsp3) is 0.400. The van der Waals surface area contributed by atoms with Gasteiger partial charge in [0.15, 0.2) is 11.5 Å². The van der Waals surface area contributed by atoms with Gasteiger partial charge in [0.05, 0.1) is 30.1 Å². The van der Waals surface area contributed by atoms with E-state index < -0.39 is 0 Å². The van der Waals surface area contributed by atoms with E-state index in [2.05, 4.69) is 43.1 Å². The van der Waals surface area contributed by atoms with Crippen molar-refractivity contribution in [2.75, 3.05) is 57.2 Å². The molecule has 0 saturated carbocycles. The van der Waals surface area contributed by atoms with Gasteiger partial charge in [-0.05, 0) is 54.2 Å². The zero-order valence-electron chi connectivity index (χ0n) is 16.4. The third kappa shape index (κ3) is 4.74. The average Bonchev–Trinajstić information content (AvgIpc) is 2.70. The number of anilines is 2. The zero-order valence-corrected chi connectivity index (χ0v) is 18.0. The Morgan fingerprint density at radius 2 is 2.00 bits per heavy atom. The largest absolute Gasteiger partial charge is 0.493 e. The number of halogens is 1. The van der Waals surface area contributed by atoms with Gasteiger partial charge in [0, 0.05) is 31.7 Å². The topological polar surface area (TPSA) is 66.9 Å². The molecule has 1 N–H and O–H groups in total. The quantitative estimate of drug-likeness (QED) is 0.731. The van der Waals surface area contributed by atoms with E-state index in [1.165, 1.54) is 0 Å². The van der Waals surface area contributed by atoms with E-state index in [0.29, 0.717) is 33.8 Å². The third-order valence-electron chi connectivity index (χ3n) is 4.61. The SMILES string of the molecule is CCOc1c(Br)cc(C(=O)Nc2ccc(N3CCN(C)CC3)nc2)cc1OC. The summed E-state index contributed by atoms with van der Waals surface area (Å²) >= 11 is 3.45. The first-order valence-corrected chi connectivity index (χ1v) is 10.0. The maximum Gasteiger partial charge on any atom is 0.255 e. The molecule has 1 aliphatic rings. The molecule has 1 fully saturated rings. The fourth-order valence-corrected chi connectivity index (χ4v) is 3.58. The van der Waals surface area contributed by atoms with Crippen LogP contribution in [0.3, 0.4) is 0 Å². The first kappa shape index (κ1) is 20.4. The number of benzene rings is 1. The van der Waals surface area contributed by atoms with Crippen LogP contribution in [0.2, 0.25) is 0 Å². The summed E-state index contributed by atoms with van der Waals surface area (Å²) in [5.74, 6) is 1.78. The zero-order chi connectivity index (χ0) is 20.1. The summed E-state index contributed by atoms with van der Waals surface area (Å²) in [7, 11) is 3.67. The number of nitrogens with one attached hydrogen (secondary N) is 1. The van der Waals surface area contributed by atoms with Crippen LogP contribution >= 0.6 is 15.9 Å². The molecule has 1 saturated heterocycles. The van der Waals surface area contributed by atoms with Crippen molar-refractivity contribution in [3.63, 3.8) is 0 Å². The fourth-order valence-electron chi connectivity index (χ4n) is 3.02. The summed E-state index contributed by atoms with van der Waals surface area (Å²) in [6.07, 6.45) is 1.69. The molecule has 0 radical (unpaired) electrons. The average molecular weight is 449 g/mol. The molecular formula is C20H25BrN4O3. The van der Waals surface area contributed by atoms with E-state index in [-0.39, 0.29) is 5.91 Å². The first-order chi connectivity index (χ1) is 13.5. The number of hydrogen-bond donors (Lipinski definition) is 1. The van der Waals surface area contributed by atoms with Gasteiger partial charge >= 0.3 is 0 Å². The number of nitrogens with zero attached hydrogens (tertiary/aromatic N) is 3. The van der Waals surface area contributed by atoms with Crippen LogP contribution in [0.5, 0.6) is 11.5 Å². The number of piperazine rings is 1. The molecule has 0 atom stereocenters. The molecule has 3 rings (SSSR count). The lowest BCUT2D eigenvalue weighted by atomic mass is 10.2. The van der Waals surface area contributed by atoms with E-state index >= 15 is 0 Å². The highest BCUT2D eigenvalue weighted by Gasteiger charge is 2.17. The van der Waals surface area contributed by atoms with E-state index in [9.17, 15) is 4.79 Å². The predicted molar refractivity (Wildman–Crippen MR) is 114 cm³/mol. The van der Waals surface area contributed by atoms with Crippen LogP contribution < -0.4 is 19.7 Å². The van der Waals surface area contributed by atoms with Crippen molar-refractivity contribution in [1.82, 2.24) is 9.88 Å². The molecule has 8 heteroatoms. The Hall–Kier alpha value is -2.32. The Morgan fingerprint density at radius 3 is 2.61 bits per heavy atom. The number of amides is 1. The molecule has 7 nitrogen and oxygen atoms in total. The Bertz CT molecular complexity index is 821. The normalized spacial score (nSPS) is 14.6. The van der Waals surface area contributed by atoms with Crippen molar-refractivity contribution in [3.05, 3.63) is 40.5 Å². The number of methoxy groups -OCH3 is 1. The number of aromatic nitrogens is 1. The van der Waals surface area contributed by atoms with Gasteiger partial charge in [0.1, 0.15) is 5.82 Å². The molecule has 0 aliphatic carbocycles. The Kier molecular flexibility index (Phi) is 6.74. The van der Waals surface area contributed by atoms with Gasteiger partial charge in [-0.3, -0.25) is 4.79 Å². The van der Waals surface area contributed by atoms with Crippen molar-refractivity contribution < 1.29 is 14.3 Å². The number of hydrogen-bond acceptors (Lipinski definition) is 6. The van der Waals surface area contributed by atoms with Gasteiger partial charge in [0.2, 0.25) is 0 Å². The molecule has 28 heavy (non-hydrogen) atoms. The molecule has 1 amide bonds. The van der Waals surface area contributed by atoms with Gasteiger partial charge in [-0.25, -0.2) is 4.98 Å². The summed E-state index contributed by atoms with van der Waals surface area (Å²) in [6.45, 7) is 6.35. The number of pyridine rings is 1. The van der Waals surface area contributed by atoms with Crippen LogP contribution in [-0.2, 0) is 0 Å². The predicted octanol–water partition coefficient (Wildman–Crippen LogP) is 3.26. The van der Waals surface area contributed by atoms with Gasteiger partial charge in [0.25, 0.3) is 5.91 Å². The van der Waals surface area contributed by atoms with E-state index in [1.54, 1.807) is 25.4 Å². The van der Waals surface area contributed by atoms with Crippen molar-refractivity contribution in [1.29, 1.82) is 0 Å². The molecule has 0 spiro atoms. The maximum absolute atomic E-state index is 12.7. The van der Waals surface area contributed by atoms with E-state index in [1.807, 2.05) is 19.1 Å². The second kappa shape index (κ2) is 9.25. The molecule has 1 aromatic carbocycles. The molecule has 150 valence electrons. The Morgan fingerprint density at radius 1 is 1.25 bits per heavy atom. The van der Waals surface area contributed by atoms with Crippen molar-refractivity contribution in [2.45, 2.75) is 6.92 Å². The van der Waals surface area contributed by atoms with Crippen LogP contribution in [0.25, 0.3) is 0 Å². The summed E-state index contributed by atoms with van der Waals surface area (Å²) in [5, 5.41) is 2.88. The van der Waals surface area contributed by atoms with Crippen LogP contribution in [0.1, 0.15) is 17.3 Å². The van der Waals surface area contributed by atoms with Gasteiger partial charge < -0.3 is 24.6 Å². The van der Waals surface area contributed by atoms with Gasteiger partial charge in [-0.2, -0.15) is 0 Å². The van der Waals surface area contributed by atoms with E-state index in [0.717, 1.165) is 32.0 Å². The summed E-state index contributed by atoms with van der Waals surface area (Å²) in [6, 6.07) is 7.20. The summed E-state index contributed by atoms with van der Waals surface area (Å²) in [4.78, 5) is 21.7. The first-order valence-electron chi connectivity index (χ1n) is 9.23. The standard InChI is InChI=1S/C20H25BrN4O3/c1-4-28-19-16(21)11-14(12-17(19)27-3)20(26)23-15-5-6-18(22-13-15)25-9-7-24(2)8-10-25/h5-6,11-13H,4,7-10H2,1-3H3,(H,23,26). The number of carbonyl (C=O) groups excluding carboxylic acids is 1. The smallest absolute Gasteiger partial charge is 0.255 e. The second-order valence-corrected chi connectivity index (χ2v) is 7.43. The minimum Gasteiger partial charge on any atom is -0.493 e. The van der Waals surface area contributed by atoms with Crippen LogP contribution in [0.4, 0.5) is 11.5 Å². The Labute approximate surface area is 173 Å². The minimum absolute atomic E-state index is 0.240. The van der Waals surface area contributed by atoms with Crippen molar-refractivity contribution >= 4 is 33.3 Å². The highest BCUT2D eigenvalue weighted by Crippen LogP contribution is 2.36. The molecule has 0 unspecified atom stereocenters. The lowest BCUT2D eigenvalue weighted by Crippen LogP contribution is -2.44. The number of rotatable bonds is 6. The summed E-state index contributed by atoms with van der Waals surface area (Å²) in [5.41, 5.74) is 1.11. The number of ether oxygens (including phenoxy) is 2. The van der Waals surface area contributed by atoms with Gasteiger partial charge in [-0.15, -0.1) is 0 Å². The van der Waals surface area contributed by atoms with Crippen molar-refractivity contribution in [2.24, 2.45) is 0 Å². The van der Waals surface area contributed by atoms with Crippen molar-refractivity contribution in [3.8, 4) is 11.5 Å². The lowest BCUT2D eigenvalue weighted by Gasteiger charge is -2.33. The molecule has 1 aromatic heterocycles. The van der Waals surface area contributed by atoms with Gasteiger partial charge in [-0.1, -0.05) is 0 Å². The molecule has 0 bridgehead atoms. The highest BCUT2D eigenvalue weighted by atomic mass is 79.9. The number of carbonyl (C=O) groups is 1. The van der Waals surface area contributed by atoms with E-state index in [4.69, 9.17) is 9.47 Å². The maximum atomic E-state index is 12.7. The third-order valence-corrected chi connectivity index (χ3v) is 5.20. The minimum atomic E-state index is -0.240.